The average Bonchev–Trinajstić information content (AvgIpc) is 2.06. The summed E-state index contributed by atoms with van der Waals surface area (Å²) in [5.74, 6) is 0. The molecule has 6 N–H and O–H groups in total. The number of hydrogen-bond acceptors (Lipinski definition) is 6. The first kappa shape index (κ1) is 13.2. The van der Waals surface area contributed by atoms with Crippen LogP contribution >= 0.6 is 0 Å². The highest BCUT2D eigenvalue weighted by atomic mass is 32.8. The third-order valence-electron chi connectivity index (χ3n) is 1.88. The lowest BCUT2D eigenvalue weighted by Gasteiger charge is -2.28. The molecule has 80 valence electrons. The molecule has 1 atom stereocenters. The molecule has 0 aromatic carbocycles. The van der Waals surface area contributed by atoms with Gasteiger partial charge in [-0.1, -0.05) is 0 Å². The van der Waals surface area contributed by atoms with E-state index in [1.807, 2.05) is 0 Å². The van der Waals surface area contributed by atoms with Crippen LogP contribution < -0.4 is 17.2 Å². The van der Waals surface area contributed by atoms with Gasteiger partial charge in [-0.15, -0.1) is 0 Å². The van der Waals surface area contributed by atoms with Gasteiger partial charge in [-0.25, -0.2) is 4.21 Å². The predicted octanol–water partition coefficient (Wildman–Crippen LogP) is -1.84. The van der Waals surface area contributed by atoms with Crippen molar-refractivity contribution < 1.29 is 8.39 Å². The van der Waals surface area contributed by atoms with Gasteiger partial charge in [0.1, 0.15) is 8.77 Å². The lowest BCUT2D eigenvalue weighted by atomic mass is 9.90. The molecule has 13 heavy (non-hydrogen) atoms. The molecule has 0 aromatic rings. The van der Waals surface area contributed by atoms with Crippen molar-refractivity contribution in [3.05, 3.63) is 0 Å². The normalized spacial score (nSPS) is 16.9. The van der Waals surface area contributed by atoms with Crippen LogP contribution in [0.25, 0.3) is 0 Å². The van der Waals surface area contributed by atoms with Gasteiger partial charge >= 0.3 is 0 Å². The molecule has 0 aromatic heterocycles. The van der Waals surface area contributed by atoms with Gasteiger partial charge in [0, 0.05) is 42.5 Å². The summed E-state index contributed by atoms with van der Waals surface area (Å²) in [5, 5.41) is 0. The Labute approximate surface area is 83.9 Å². The molecule has 0 spiro atoms. The number of hydrogen-bond donors (Lipinski definition) is 3. The molecular formula is C6H17N3O2S2. The molecule has 0 rings (SSSR count). The molecule has 0 amide bonds. The zero-order valence-corrected chi connectivity index (χ0v) is 9.33. The van der Waals surface area contributed by atoms with Gasteiger partial charge in [0.15, 0.2) is 0 Å². The van der Waals surface area contributed by atoms with Gasteiger partial charge in [0.2, 0.25) is 0 Å². The Kier molecular flexibility index (Phi) is 5.26. The van der Waals surface area contributed by atoms with Gasteiger partial charge in [0.05, 0.1) is 6.61 Å². The molecule has 0 fully saturated rings. The molecule has 0 saturated heterocycles. The first-order valence-electron chi connectivity index (χ1n) is 3.84. The Morgan fingerprint density at radius 3 is 1.92 bits per heavy atom. The van der Waals surface area contributed by atoms with Crippen molar-refractivity contribution in [1.82, 2.24) is 0 Å². The van der Waals surface area contributed by atoms with Crippen LogP contribution in [0.5, 0.6) is 0 Å². The minimum absolute atomic E-state index is 0.148. The van der Waals surface area contributed by atoms with E-state index < -0.39 is 14.2 Å². The van der Waals surface area contributed by atoms with Gasteiger partial charge in [0.25, 0.3) is 0 Å². The maximum absolute atomic E-state index is 11.1. The van der Waals surface area contributed by atoms with E-state index in [0.717, 1.165) is 0 Å². The Morgan fingerprint density at radius 1 is 1.31 bits per heavy atom. The van der Waals surface area contributed by atoms with Crippen molar-refractivity contribution in [2.24, 2.45) is 22.6 Å². The van der Waals surface area contributed by atoms with Crippen LogP contribution in [0.3, 0.4) is 0 Å². The maximum atomic E-state index is 11.1. The van der Waals surface area contributed by atoms with Crippen molar-refractivity contribution in [1.29, 1.82) is 0 Å². The molecule has 0 heterocycles. The third-order valence-corrected chi connectivity index (χ3v) is 2.71. The van der Waals surface area contributed by atoms with E-state index >= 15 is 0 Å². The largest absolute Gasteiger partial charge is 0.330 e. The number of rotatable bonds is 6. The fourth-order valence-corrected chi connectivity index (χ4v) is 1.27. The summed E-state index contributed by atoms with van der Waals surface area (Å²) in [4.78, 5) is 0. The standard InChI is InChI=1S/C6H17N3O2S2/c1-13(10,12)11-5-6(2-7,3-8)4-9/h2-5,7-9H2,1H3. The van der Waals surface area contributed by atoms with Gasteiger partial charge in [-0.05, 0) is 0 Å². The van der Waals surface area contributed by atoms with Gasteiger partial charge < -0.3 is 17.2 Å². The molecule has 0 saturated carbocycles. The molecule has 0 bridgehead atoms. The Balaban J connectivity index is 4.27. The monoisotopic (exact) mass is 227 g/mol. The van der Waals surface area contributed by atoms with Gasteiger partial charge in [-0.3, -0.25) is 4.18 Å². The van der Waals surface area contributed by atoms with E-state index in [0.29, 0.717) is 19.6 Å². The molecule has 5 nitrogen and oxygen atoms in total. The van der Waals surface area contributed by atoms with Crippen LogP contribution in [-0.2, 0) is 24.1 Å². The highest BCUT2D eigenvalue weighted by Gasteiger charge is 2.26. The van der Waals surface area contributed by atoms with Crippen LogP contribution in [-0.4, -0.2) is 36.7 Å². The second kappa shape index (κ2) is 5.18. The minimum atomic E-state index is -2.62. The van der Waals surface area contributed by atoms with E-state index in [2.05, 4.69) is 11.2 Å². The van der Waals surface area contributed by atoms with Crippen molar-refractivity contribution in [3.63, 3.8) is 0 Å². The van der Waals surface area contributed by atoms with Crippen LogP contribution in [0, 0.1) is 5.41 Å². The van der Waals surface area contributed by atoms with E-state index in [4.69, 9.17) is 21.4 Å². The Hall–Kier alpha value is 0.210. The Bertz CT molecular complexity index is 228. The summed E-state index contributed by atoms with van der Waals surface area (Å²) in [5.41, 5.74) is 16.0. The van der Waals surface area contributed by atoms with E-state index in [9.17, 15) is 4.21 Å². The lowest BCUT2D eigenvalue weighted by molar-refractivity contribution is 0.180. The van der Waals surface area contributed by atoms with Crippen molar-refractivity contribution >= 4 is 20.0 Å². The van der Waals surface area contributed by atoms with Crippen LogP contribution in [0.1, 0.15) is 0 Å². The summed E-state index contributed by atoms with van der Waals surface area (Å²) in [6, 6.07) is 0. The molecule has 0 radical (unpaired) electrons. The van der Waals surface area contributed by atoms with Crippen LogP contribution in [0.2, 0.25) is 0 Å². The molecule has 1 unspecified atom stereocenters. The van der Waals surface area contributed by atoms with Crippen LogP contribution in [0.4, 0.5) is 0 Å². The lowest BCUT2D eigenvalue weighted by Crippen LogP contribution is -2.47. The topological polar surface area (TPSA) is 104 Å². The fraction of sp³-hybridized carbons (Fsp3) is 1.00. The fourth-order valence-electron chi connectivity index (χ4n) is 0.659. The Morgan fingerprint density at radius 2 is 1.69 bits per heavy atom. The quantitative estimate of drug-likeness (QED) is 0.492. The summed E-state index contributed by atoms with van der Waals surface area (Å²) >= 11 is 4.58. The second-order valence-corrected chi connectivity index (χ2v) is 6.54. The van der Waals surface area contributed by atoms with Crippen LogP contribution in [0.15, 0.2) is 0 Å². The molecule has 0 aliphatic rings. The van der Waals surface area contributed by atoms with E-state index in [1.165, 1.54) is 6.26 Å². The van der Waals surface area contributed by atoms with Gasteiger partial charge in [-0.2, -0.15) is 0 Å². The highest BCUT2D eigenvalue weighted by Crippen LogP contribution is 2.13. The molecule has 7 heteroatoms. The SMILES string of the molecule is CS(=O)(=S)OCC(CN)(CN)CN. The highest BCUT2D eigenvalue weighted by molar-refractivity contribution is 8.29. The van der Waals surface area contributed by atoms with E-state index in [-0.39, 0.29) is 6.61 Å². The summed E-state index contributed by atoms with van der Waals surface area (Å²) in [6.07, 6.45) is 1.34. The van der Waals surface area contributed by atoms with Crippen molar-refractivity contribution in [2.75, 3.05) is 32.5 Å². The molecule has 0 aliphatic carbocycles. The average molecular weight is 227 g/mol. The zero-order chi connectivity index (χ0) is 10.5. The summed E-state index contributed by atoms with van der Waals surface area (Å²) in [7, 11) is -2.62. The van der Waals surface area contributed by atoms with Crippen molar-refractivity contribution in [2.45, 2.75) is 0 Å². The predicted molar refractivity (Wildman–Crippen MR) is 57.0 cm³/mol. The smallest absolute Gasteiger partial charge is 0.141 e. The molecule has 0 aliphatic heterocycles. The summed E-state index contributed by atoms with van der Waals surface area (Å²) in [6.45, 7) is 1.04. The zero-order valence-electron chi connectivity index (χ0n) is 7.69. The molecular weight excluding hydrogens is 210 g/mol. The second-order valence-electron chi connectivity index (χ2n) is 3.08. The summed E-state index contributed by atoms with van der Waals surface area (Å²) < 4.78 is 16.0. The first-order valence-corrected chi connectivity index (χ1v) is 6.65. The maximum Gasteiger partial charge on any atom is 0.141 e. The van der Waals surface area contributed by atoms with E-state index in [1.54, 1.807) is 0 Å². The third kappa shape index (κ3) is 4.84. The minimum Gasteiger partial charge on any atom is -0.330 e. The van der Waals surface area contributed by atoms with Crippen molar-refractivity contribution in [3.8, 4) is 0 Å². The number of nitrogens with two attached hydrogens (primary N) is 3. The first-order chi connectivity index (χ1) is 5.89.